The monoisotopic (exact) mass is 214 g/mol. The summed E-state index contributed by atoms with van der Waals surface area (Å²) in [5, 5.41) is 1.06. The number of rotatable bonds is 1. The second-order valence-corrected chi connectivity index (χ2v) is 4.17. The van der Waals surface area contributed by atoms with Gasteiger partial charge in [-0.15, -0.1) is 0 Å². The number of nitrogens with zero attached hydrogens (tertiary/aromatic N) is 3. The number of fused-ring (bicyclic) bond motifs is 1. The molecule has 1 aliphatic heterocycles. The fraction of sp³-hybridized carbons (Fsp3) is 0.333. The van der Waals surface area contributed by atoms with Crippen LogP contribution in [0.25, 0.3) is 10.9 Å². The second-order valence-electron chi connectivity index (χ2n) is 4.17. The zero-order valence-electron chi connectivity index (χ0n) is 9.06. The van der Waals surface area contributed by atoms with Crippen molar-refractivity contribution in [2.24, 2.45) is 0 Å². The largest absolute Gasteiger partial charge is 0.399 e. The maximum absolute atomic E-state index is 5.82. The number of anilines is 2. The second kappa shape index (κ2) is 3.63. The Morgan fingerprint density at radius 1 is 1.12 bits per heavy atom. The van der Waals surface area contributed by atoms with Crippen molar-refractivity contribution in [2.75, 3.05) is 23.7 Å². The van der Waals surface area contributed by atoms with E-state index in [1.54, 1.807) is 6.33 Å². The fourth-order valence-electron chi connectivity index (χ4n) is 2.24. The molecule has 0 amide bonds. The highest BCUT2D eigenvalue weighted by molar-refractivity contribution is 5.91. The van der Waals surface area contributed by atoms with Gasteiger partial charge >= 0.3 is 0 Å². The molecule has 82 valence electrons. The first-order valence-corrected chi connectivity index (χ1v) is 5.60. The predicted molar refractivity (Wildman–Crippen MR) is 65.4 cm³/mol. The maximum atomic E-state index is 5.82. The molecule has 1 aromatic carbocycles. The molecule has 1 saturated heterocycles. The van der Waals surface area contributed by atoms with Crippen LogP contribution in [0.2, 0.25) is 0 Å². The number of nitrogens with two attached hydrogens (primary N) is 1. The minimum atomic E-state index is 0.766. The molecule has 0 spiro atoms. The van der Waals surface area contributed by atoms with Crippen LogP contribution in [-0.2, 0) is 0 Å². The average Bonchev–Trinajstić information content (AvgIpc) is 2.81. The molecule has 1 aliphatic rings. The van der Waals surface area contributed by atoms with Gasteiger partial charge in [0.05, 0.1) is 5.52 Å². The van der Waals surface area contributed by atoms with Gasteiger partial charge in [-0.3, -0.25) is 0 Å². The summed E-state index contributed by atoms with van der Waals surface area (Å²) in [6.45, 7) is 2.17. The zero-order chi connectivity index (χ0) is 11.0. The Morgan fingerprint density at radius 3 is 2.75 bits per heavy atom. The predicted octanol–water partition coefficient (Wildman–Crippen LogP) is 1.81. The van der Waals surface area contributed by atoms with Crippen molar-refractivity contribution in [1.82, 2.24) is 9.97 Å². The lowest BCUT2D eigenvalue weighted by atomic mass is 10.2. The number of nitrogen functional groups attached to an aromatic ring is 1. The maximum Gasteiger partial charge on any atom is 0.139 e. The summed E-state index contributed by atoms with van der Waals surface area (Å²) in [5.74, 6) is 1.02. The van der Waals surface area contributed by atoms with E-state index in [2.05, 4.69) is 14.9 Å². The van der Waals surface area contributed by atoms with Crippen LogP contribution in [0.15, 0.2) is 24.5 Å². The van der Waals surface area contributed by atoms with E-state index >= 15 is 0 Å². The van der Waals surface area contributed by atoms with Crippen LogP contribution in [0.5, 0.6) is 0 Å². The quantitative estimate of drug-likeness (QED) is 0.735. The molecule has 0 radical (unpaired) electrons. The van der Waals surface area contributed by atoms with E-state index in [0.29, 0.717) is 0 Å². The first-order valence-electron chi connectivity index (χ1n) is 5.60. The Labute approximate surface area is 94.1 Å². The Bertz CT molecular complexity index is 517. The molecule has 2 N–H and O–H groups in total. The van der Waals surface area contributed by atoms with Gasteiger partial charge in [0, 0.05) is 24.2 Å². The van der Waals surface area contributed by atoms with E-state index in [-0.39, 0.29) is 0 Å². The van der Waals surface area contributed by atoms with Gasteiger partial charge in [0.15, 0.2) is 0 Å². The van der Waals surface area contributed by atoms with Crippen LogP contribution < -0.4 is 10.6 Å². The summed E-state index contributed by atoms with van der Waals surface area (Å²) in [7, 11) is 0. The number of hydrogen-bond acceptors (Lipinski definition) is 4. The molecule has 0 aliphatic carbocycles. The van der Waals surface area contributed by atoms with Gasteiger partial charge < -0.3 is 10.6 Å². The van der Waals surface area contributed by atoms with Crippen LogP contribution in [-0.4, -0.2) is 23.1 Å². The van der Waals surface area contributed by atoms with Gasteiger partial charge in [0.1, 0.15) is 12.1 Å². The molecule has 2 aromatic rings. The Hall–Kier alpha value is -1.84. The van der Waals surface area contributed by atoms with Gasteiger partial charge in [0.2, 0.25) is 0 Å². The highest BCUT2D eigenvalue weighted by atomic mass is 15.2. The minimum absolute atomic E-state index is 0.766. The molecule has 1 fully saturated rings. The molecule has 4 heteroatoms. The van der Waals surface area contributed by atoms with Gasteiger partial charge in [-0.2, -0.15) is 0 Å². The molecule has 4 nitrogen and oxygen atoms in total. The van der Waals surface area contributed by atoms with Gasteiger partial charge in [-0.05, 0) is 31.0 Å². The van der Waals surface area contributed by atoms with Crippen molar-refractivity contribution in [2.45, 2.75) is 12.8 Å². The van der Waals surface area contributed by atoms with E-state index in [1.165, 1.54) is 12.8 Å². The van der Waals surface area contributed by atoms with E-state index in [9.17, 15) is 0 Å². The lowest BCUT2D eigenvalue weighted by Crippen LogP contribution is -2.19. The summed E-state index contributed by atoms with van der Waals surface area (Å²) in [5.41, 5.74) is 7.55. The third kappa shape index (κ3) is 1.46. The van der Waals surface area contributed by atoms with Crippen molar-refractivity contribution in [3.8, 4) is 0 Å². The normalized spacial score (nSPS) is 15.9. The van der Waals surface area contributed by atoms with E-state index in [4.69, 9.17) is 5.73 Å². The number of benzene rings is 1. The summed E-state index contributed by atoms with van der Waals surface area (Å²) >= 11 is 0. The third-order valence-corrected chi connectivity index (χ3v) is 3.04. The number of hydrogen-bond donors (Lipinski definition) is 1. The summed E-state index contributed by atoms with van der Waals surface area (Å²) in [4.78, 5) is 11.0. The molecule has 16 heavy (non-hydrogen) atoms. The Balaban J connectivity index is 2.18. The topological polar surface area (TPSA) is 55.0 Å². The molecule has 1 aromatic heterocycles. The van der Waals surface area contributed by atoms with Crippen molar-refractivity contribution in [3.05, 3.63) is 24.5 Å². The van der Waals surface area contributed by atoms with Crippen molar-refractivity contribution < 1.29 is 0 Å². The SMILES string of the molecule is Nc1ccc2ncnc(N3CCCC3)c2c1. The molecule has 0 bridgehead atoms. The Kier molecular flexibility index (Phi) is 2.13. The lowest BCUT2D eigenvalue weighted by molar-refractivity contribution is 0.939. The van der Waals surface area contributed by atoms with Crippen molar-refractivity contribution >= 4 is 22.4 Å². The highest BCUT2D eigenvalue weighted by Crippen LogP contribution is 2.27. The molecular weight excluding hydrogens is 200 g/mol. The minimum Gasteiger partial charge on any atom is -0.399 e. The van der Waals surface area contributed by atoms with Crippen LogP contribution in [0, 0.1) is 0 Å². The standard InChI is InChI=1S/C12H14N4/c13-9-3-4-11-10(7-9)12(15-8-14-11)16-5-1-2-6-16/h3-4,7-8H,1-2,5-6,13H2. The molecule has 0 saturated carbocycles. The molecule has 0 unspecified atom stereocenters. The van der Waals surface area contributed by atoms with Crippen LogP contribution in [0.4, 0.5) is 11.5 Å². The lowest BCUT2D eigenvalue weighted by Gasteiger charge is -2.17. The van der Waals surface area contributed by atoms with Crippen molar-refractivity contribution in [3.63, 3.8) is 0 Å². The highest BCUT2D eigenvalue weighted by Gasteiger charge is 2.16. The van der Waals surface area contributed by atoms with Crippen molar-refractivity contribution in [1.29, 1.82) is 0 Å². The zero-order valence-corrected chi connectivity index (χ0v) is 9.06. The third-order valence-electron chi connectivity index (χ3n) is 3.04. The van der Waals surface area contributed by atoms with E-state index in [1.807, 2.05) is 18.2 Å². The van der Waals surface area contributed by atoms with Gasteiger partial charge in [-0.25, -0.2) is 9.97 Å². The van der Waals surface area contributed by atoms with E-state index in [0.717, 1.165) is 35.5 Å². The molecule has 3 rings (SSSR count). The van der Waals surface area contributed by atoms with Crippen LogP contribution in [0.3, 0.4) is 0 Å². The summed E-state index contributed by atoms with van der Waals surface area (Å²) < 4.78 is 0. The smallest absolute Gasteiger partial charge is 0.139 e. The van der Waals surface area contributed by atoms with Gasteiger partial charge in [-0.1, -0.05) is 0 Å². The fourth-order valence-corrected chi connectivity index (χ4v) is 2.24. The summed E-state index contributed by atoms with van der Waals surface area (Å²) in [6, 6.07) is 5.79. The van der Waals surface area contributed by atoms with Crippen LogP contribution >= 0.6 is 0 Å². The van der Waals surface area contributed by atoms with E-state index < -0.39 is 0 Å². The van der Waals surface area contributed by atoms with Gasteiger partial charge in [0.25, 0.3) is 0 Å². The Morgan fingerprint density at radius 2 is 1.94 bits per heavy atom. The van der Waals surface area contributed by atoms with Crippen LogP contribution in [0.1, 0.15) is 12.8 Å². The first kappa shape index (κ1) is 9.39. The average molecular weight is 214 g/mol. The first-order chi connectivity index (χ1) is 7.84. The molecular formula is C12H14N4. The summed E-state index contributed by atoms with van der Waals surface area (Å²) in [6.07, 6.45) is 4.12. The molecule has 2 heterocycles. The molecule has 0 atom stereocenters. The number of aromatic nitrogens is 2.